The second kappa shape index (κ2) is 6.85. The summed E-state index contributed by atoms with van der Waals surface area (Å²) in [6.07, 6.45) is 0.366. The summed E-state index contributed by atoms with van der Waals surface area (Å²) in [7, 11) is 1.62. The zero-order chi connectivity index (χ0) is 20.0. The van der Waals surface area contributed by atoms with Gasteiger partial charge in [-0.25, -0.2) is 5.01 Å². The van der Waals surface area contributed by atoms with Crippen molar-refractivity contribution >= 4 is 5.71 Å². The van der Waals surface area contributed by atoms with Gasteiger partial charge in [0, 0.05) is 23.1 Å². The van der Waals surface area contributed by atoms with E-state index in [4.69, 9.17) is 14.6 Å². The molecule has 0 bridgehead atoms. The number of ether oxygens (including phenoxy) is 2. The van der Waals surface area contributed by atoms with Gasteiger partial charge in [0.2, 0.25) is 6.23 Å². The highest BCUT2D eigenvalue weighted by Crippen LogP contribution is 2.48. The molecular formula is C24H22N2O3. The topological polar surface area (TPSA) is 54.3 Å². The molecule has 5 heteroatoms. The van der Waals surface area contributed by atoms with Crippen molar-refractivity contribution in [3.63, 3.8) is 0 Å². The fraction of sp³-hybridized carbons (Fsp3) is 0.208. The molecule has 0 radical (unpaired) electrons. The largest absolute Gasteiger partial charge is 0.507 e. The molecule has 0 unspecified atom stereocenters. The molecule has 1 N–H and O–H groups in total. The number of para-hydroxylation sites is 1. The number of rotatable bonds is 3. The van der Waals surface area contributed by atoms with Crippen molar-refractivity contribution in [3.05, 3.63) is 89.0 Å². The molecule has 3 aromatic carbocycles. The number of phenols is 1. The van der Waals surface area contributed by atoms with Crippen LogP contribution in [0.3, 0.4) is 0 Å². The van der Waals surface area contributed by atoms with Crippen LogP contribution in [0.2, 0.25) is 0 Å². The third kappa shape index (κ3) is 2.90. The van der Waals surface area contributed by atoms with E-state index in [2.05, 4.69) is 25.1 Å². The molecule has 146 valence electrons. The number of methoxy groups -OCH3 is 1. The van der Waals surface area contributed by atoms with Gasteiger partial charge in [0.25, 0.3) is 0 Å². The minimum absolute atomic E-state index is 0.0464. The molecule has 0 amide bonds. The molecule has 29 heavy (non-hydrogen) atoms. The Kier molecular flexibility index (Phi) is 4.16. The van der Waals surface area contributed by atoms with Crippen molar-refractivity contribution in [2.24, 2.45) is 5.10 Å². The Labute approximate surface area is 169 Å². The van der Waals surface area contributed by atoms with Crippen molar-refractivity contribution in [2.45, 2.75) is 25.6 Å². The maximum absolute atomic E-state index is 10.5. The molecule has 0 spiro atoms. The predicted molar refractivity (Wildman–Crippen MR) is 111 cm³/mol. The Balaban J connectivity index is 1.63. The van der Waals surface area contributed by atoms with Crippen molar-refractivity contribution < 1.29 is 14.6 Å². The van der Waals surface area contributed by atoms with Crippen LogP contribution in [0.5, 0.6) is 17.2 Å². The first kappa shape index (κ1) is 17.6. The lowest BCUT2D eigenvalue weighted by atomic mass is 9.95. The lowest BCUT2D eigenvalue weighted by Crippen LogP contribution is -2.34. The summed E-state index contributed by atoms with van der Waals surface area (Å²) in [6, 6.07) is 21.6. The summed E-state index contributed by atoms with van der Waals surface area (Å²) in [5.74, 6) is 1.77. The molecule has 0 saturated carbocycles. The molecule has 0 fully saturated rings. The Morgan fingerprint density at radius 3 is 2.59 bits per heavy atom. The SMILES string of the molecule is COc1ccc(O)c(C2=NN3[C@@H](c4ccccc4C)Oc4ccccc4[C@@H]3C2)c1. The smallest absolute Gasteiger partial charge is 0.214 e. The van der Waals surface area contributed by atoms with Crippen LogP contribution in [0.15, 0.2) is 71.8 Å². The number of aryl methyl sites for hydroxylation is 1. The maximum Gasteiger partial charge on any atom is 0.214 e. The average molecular weight is 386 g/mol. The van der Waals surface area contributed by atoms with Crippen LogP contribution in [-0.2, 0) is 0 Å². The maximum atomic E-state index is 10.5. The number of hydrogen-bond acceptors (Lipinski definition) is 5. The van der Waals surface area contributed by atoms with E-state index in [1.807, 2.05) is 41.4 Å². The van der Waals surface area contributed by atoms with Crippen LogP contribution in [-0.4, -0.2) is 22.9 Å². The third-order valence-corrected chi connectivity index (χ3v) is 5.67. The van der Waals surface area contributed by atoms with Gasteiger partial charge in [-0.05, 0) is 36.8 Å². The number of phenolic OH excluding ortho intramolecular Hbond substituents is 1. The van der Waals surface area contributed by atoms with Crippen LogP contribution in [0.1, 0.15) is 40.9 Å². The molecule has 3 aromatic rings. The minimum Gasteiger partial charge on any atom is -0.507 e. The van der Waals surface area contributed by atoms with Crippen LogP contribution < -0.4 is 9.47 Å². The van der Waals surface area contributed by atoms with Gasteiger partial charge in [0.05, 0.1) is 18.9 Å². The summed E-state index contributed by atoms with van der Waals surface area (Å²) in [5, 5.41) is 17.4. The van der Waals surface area contributed by atoms with E-state index in [1.54, 1.807) is 19.2 Å². The van der Waals surface area contributed by atoms with Crippen LogP contribution in [0.4, 0.5) is 0 Å². The highest BCUT2D eigenvalue weighted by atomic mass is 16.5. The Hall–Kier alpha value is -3.47. The van der Waals surface area contributed by atoms with Gasteiger partial charge in [-0.3, -0.25) is 0 Å². The second-order valence-corrected chi connectivity index (χ2v) is 7.39. The molecular weight excluding hydrogens is 364 g/mol. The number of benzene rings is 3. The lowest BCUT2D eigenvalue weighted by molar-refractivity contribution is -0.0194. The molecule has 0 saturated heterocycles. The first-order chi connectivity index (χ1) is 14.2. The van der Waals surface area contributed by atoms with Gasteiger partial charge in [-0.1, -0.05) is 42.5 Å². The summed E-state index contributed by atoms with van der Waals surface area (Å²) in [5.41, 5.74) is 4.87. The van der Waals surface area contributed by atoms with Crippen LogP contribution in [0.25, 0.3) is 0 Å². The fourth-order valence-electron chi connectivity index (χ4n) is 4.14. The second-order valence-electron chi connectivity index (χ2n) is 7.39. The summed E-state index contributed by atoms with van der Waals surface area (Å²) < 4.78 is 11.7. The Bertz CT molecular complexity index is 1110. The number of hydrogen-bond donors (Lipinski definition) is 1. The lowest BCUT2D eigenvalue weighted by Gasteiger charge is -2.38. The van der Waals surface area contributed by atoms with Gasteiger partial charge in [0.1, 0.15) is 17.2 Å². The highest BCUT2D eigenvalue weighted by molar-refractivity contribution is 6.04. The van der Waals surface area contributed by atoms with E-state index in [0.717, 1.165) is 28.2 Å². The van der Waals surface area contributed by atoms with E-state index in [9.17, 15) is 5.11 Å². The molecule has 2 aliphatic rings. The Morgan fingerprint density at radius 1 is 1.03 bits per heavy atom. The summed E-state index contributed by atoms with van der Waals surface area (Å²) >= 11 is 0. The zero-order valence-electron chi connectivity index (χ0n) is 16.4. The van der Waals surface area contributed by atoms with Crippen LogP contribution >= 0.6 is 0 Å². The van der Waals surface area contributed by atoms with Crippen molar-refractivity contribution in [1.29, 1.82) is 0 Å². The minimum atomic E-state index is -0.318. The zero-order valence-corrected chi connectivity index (χ0v) is 16.4. The molecule has 5 nitrogen and oxygen atoms in total. The highest BCUT2D eigenvalue weighted by Gasteiger charge is 2.41. The molecule has 2 heterocycles. The van der Waals surface area contributed by atoms with E-state index in [-0.39, 0.29) is 18.0 Å². The van der Waals surface area contributed by atoms with E-state index in [1.165, 1.54) is 0 Å². The molecule has 0 aromatic heterocycles. The summed E-state index contributed by atoms with van der Waals surface area (Å²) in [6.45, 7) is 2.09. The number of hydrazone groups is 1. The van der Waals surface area contributed by atoms with Crippen molar-refractivity contribution in [2.75, 3.05) is 7.11 Å². The van der Waals surface area contributed by atoms with Gasteiger partial charge in [0.15, 0.2) is 0 Å². The number of fused-ring (bicyclic) bond motifs is 3. The molecule has 2 atom stereocenters. The van der Waals surface area contributed by atoms with Crippen molar-refractivity contribution in [3.8, 4) is 17.2 Å². The standard InChI is InChI=1S/C24H22N2O3/c1-15-7-3-4-8-17(15)24-26-21(18-9-5-6-10-23(18)29-24)14-20(25-26)19-13-16(28-2)11-12-22(19)27/h3-13,21,24,27H,14H2,1-2H3/t21-,24+/m0/s1. The van der Waals surface area contributed by atoms with E-state index in [0.29, 0.717) is 17.7 Å². The predicted octanol–water partition coefficient (Wildman–Crippen LogP) is 4.95. The monoisotopic (exact) mass is 386 g/mol. The molecule has 0 aliphatic carbocycles. The first-order valence-electron chi connectivity index (χ1n) is 9.70. The first-order valence-corrected chi connectivity index (χ1v) is 9.70. The number of nitrogens with zero attached hydrogens (tertiary/aromatic N) is 2. The van der Waals surface area contributed by atoms with Crippen LogP contribution in [0, 0.1) is 6.92 Å². The normalized spacial score (nSPS) is 19.8. The van der Waals surface area contributed by atoms with Crippen molar-refractivity contribution in [1.82, 2.24) is 5.01 Å². The van der Waals surface area contributed by atoms with E-state index < -0.39 is 0 Å². The van der Waals surface area contributed by atoms with Gasteiger partial charge in [-0.2, -0.15) is 5.10 Å². The van der Waals surface area contributed by atoms with Gasteiger partial charge >= 0.3 is 0 Å². The van der Waals surface area contributed by atoms with E-state index >= 15 is 0 Å². The van der Waals surface area contributed by atoms with Gasteiger partial charge in [-0.15, -0.1) is 0 Å². The summed E-state index contributed by atoms with van der Waals surface area (Å²) in [4.78, 5) is 0. The van der Waals surface area contributed by atoms with Gasteiger partial charge < -0.3 is 14.6 Å². The fourth-order valence-corrected chi connectivity index (χ4v) is 4.14. The molecule has 2 aliphatic heterocycles. The number of aromatic hydroxyl groups is 1. The molecule has 5 rings (SSSR count). The third-order valence-electron chi connectivity index (χ3n) is 5.67. The average Bonchev–Trinajstić information content (AvgIpc) is 3.19. The Morgan fingerprint density at radius 2 is 1.79 bits per heavy atom. The quantitative estimate of drug-likeness (QED) is 0.692.